The van der Waals surface area contributed by atoms with Crippen molar-refractivity contribution in [1.29, 1.82) is 0 Å². The Bertz CT molecular complexity index is 336. The maximum absolute atomic E-state index is 12.3. The van der Waals surface area contributed by atoms with Gasteiger partial charge in [-0.05, 0) is 14.0 Å². The molecular weight excluding hydrogens is 235 g/mol. The molecule has 1 rings (SSSR count). The van der Waals surface area contributed by atoms with E-state index in [1.807, 2.05) is 0 Å². The number of alkyl halides is 3. The van der Waals surface area contributed by atoms with Crippen LogP contribution >= 0.6 is 0 Å². The average molecular weight is 251 g/mol. The maximum Gasteiger partial charge on any atom is 0.401 e. The second-order valence-corrected chi connectivity index (χ2v) is 3.77. The van der Waals surface area contributed by atoms with Gasteiger partial charge in [-0.2, -0.15) is 18.3 Å². The van der Waals surface area contributed by atoms with E-state index in [1.165, 1.54) is 4.90 Å². The number of likely N-dealkylation sites (N-methyl/N-ethyl adjacent to an activating group) is 1. The quantitative estimate of drug-likeness (QED) is 0.781. The van der Waals surface area contributed by atoms with Gasteiger partial charge < -0.3 is 5.32 Å². The summed E-state index contributed by atoms with van der Waals surface area (Å²) in [4.78, 5) is 5.26. The number of nitrogens with zero attached hydrogens (tertiary/aromatic N) is 3. The summed E-state index contributed by atoms with van der Waals surface area (Å²) in [6.07, 6.45) is -4.21. The van der Waals surface area contributed by atoms with Crippen LogP contribution in [0.2, 0.25) is 0 Å². The van der Waals surface area contributed by atoms with Crippen LogP contribution in [0, 0.1) is 6.92 Å². The van der Waals surface area contributed by atoms with Crippen molar-refractivity contribution >= 4 is 0 Å². The molecule has 0 amide bonds. The number of hydrogen-bond acceptors (Lipinski definition) is 4. The van der Waals surface area contributed by atoms with Crippen molar-refractivity contribution < 1.29 is 13.2 Å². The second-order valence-electron chi connectivity index (χ2n) is 3.77. The number of H-pyrrole nitrogens is 1. The highest BCUT2D eigenvalue weighted by molar-refractivity contribution is 4.88. The van der Waals surface area contributed by atoms with E-state index < -0.39 is 12.7 Å². The minimum atomic E-state index is -4.21. The SMILES string of the molecule is CNCCN(Cc1n[nH]c(C)n1)CC(F)(F)F. The van der Waals surface area contributed by atoms with E-state index in [4.69, 9.17) is 0 Å². The van der Waals surface area contributed by atoms with E-state index in [2.05, 4.69) is 20.5 Å². The van der Waals surface area contributed by atoms with Gasteiger partial charge >= 0.3 is 6.18 Å². The van der Waals surface area contributed by atoms with Gasteiger partial charge in [0.2, 0.25) is 0 Å². The summed E-state index contributed by atoms with van der Waals surface area (Å²) in [5, 5.41) is 9.25. The molecule has 0 aliphatic carbocycles. The third-order valence-electron chi connectivity index (χ3n) is 2.09. The molecular formula is C9H16F3N5. The Morgan fingerprint density at radius 3 is 2.59 bits per heavy atom. The number of hydrogen-bond donors (Lipinski definition) is 2. The smallest absolute Gasteiger partial charge is 0.318 e. The van der Waals surface area contributed by atoms with Crippen LogP contribution in [0.1, 0.15) is 11.6 Å². The van der Waals surface area contributed by atoms with Crippen LogP contribution in [-0.4, -0.2) is 52.9 Å². The van der Waals surface area contributed by atoms with E-state index >= 15 is 0 Å². The Hall–Kier alpha value is -1.15. The van der Waals surface area contributed by atoms with Gasteiger partial charge in [0.05, 0.1) is 13.1 Å². The largest absolute Gasteiger partial charge is 0.401 e. The summed E-state index contributed by atoms with van der Waals surface area (Å²) in [6.45, 7) is 1.62. The van der Waals surface area contributed by atoms with Crippen LogP contribution in [0.4, 0.5) is 13.2 Å². The molecule has 8 heteroatoms. The topological polar surface area (TPSA) is 56.8 Å². The predicted molar refractivity (Wildman–Crippen MR) is 56.4 cm³/mol. The van der Waals surface area contributed by atoms with E-state index in [0.29, 0.717) is 24.7 Å². The van der Waals surface area contributed by atoms with Crippen molar-refractivity contribution in [1.82, 2.24) is 25.4 Å². The first-order valence-corrected chi connectivity index (χ1v) is 5.22. The van der Waals surface area contributed by atoms with Gasteiger partial charge in [0.1, 0.15) is 5.82 Å². The number of halogens is 3. The molecule has 0 spiro atoms. The van der Waals surface area contributed by atoms with Crippen molar-refractivity contribution in [2.45, 2.75) is 19.6 Å². The fourth-order valence-electron chi connectivity index (χ4n) is 1.40. The first kappa shape index (κ1) is 13.9. The fraction of sp³-hybridized carbons (Fsp3) is 0.778. The molecule has 98 valence electrons. The lowest BCUT2D eigenvalue weighted by atomic mass is 10.4. The Morgan fingerprint density at radius 1 is 1.41 bits per heavy atom. The summed E-state index contributed by atoms with van der Waals surface area (Å²) < 4.78 is 37.0. The van der Waals surface area contributed by atoms with E-state index in [9.17, 15) is 13.2 Å². The molecule has 1 aromatic heterocycles. The molecule has 5 nitrogen and oxygen atoms in total. The first-order valence-electron chi connectivity index (χ1n) is 5.22. The van der Waals surface area contributed by atoms with Crippen LogP contribution < -0.4 is 5.32 Å². The molecule has 0 aliphatic rings. The summed E-state index contributed by atoms with van der Waals surface area (Å²) in [5.41, 5.74) is 0. The molecule has 0 aliphatic heterocycles. The van der Waals surface area contributed by atoms with E-state index in [1.54, 1.807) is 14.0 Å². The van der Waals surface area contributed by atoms with Crippen LogP contribution in [0.3, 0.4) is 0 Å². The second kappa shape index (κ2) is 5.97. The average Bonchev–Trinajstić information content (AvgIpc) is 2.58. The van der Waals surface area contributed by atoms with E-state index in [0.717, 1.165) is 0 Å². The maximum atomic E-state index is 12.3. The molecule has 17 heavy (non-hydrogen) atoms. The van der Waals surface area contributed by atoms with Gasteiger partial charge in [0, 0.05) is 13.1 Å². The highest BCUT2D eigenvalue weighted by Crippen LogP contribution is 2.17. The summed E-state index contributed by atoms with van der Waals surface area (Å²) >= 11 is 0. The molecule has 0 bridgehead atoms. The number of aromatic amines is 1. The molecule has 1 aromatic rings. The molecule has 1 heterocycles. The van der Waals surface area contributed by atoms with Crippen molar-refractivity contribution in [3.8, 4) is 0 Å². The van der Waals surface area contributed by atoms with Gasteiger partial charge in [-0.15, -0.1) is 0 Å². The van der Waals surface area contributed by atoms with Crippen LogP contribution in [0.5, 0.6) is 0 Å². The van der Waals surface area contributed by atoms with Gasteiger partial charge in [0.15, 0.2) is 5.82 Å². The number of aromatic nitrogens is 3. The number of aryl methyl sites for hydroxylation is 1. The monoisotopic (exact) mass is 251 g/mol. The third kappa shape index (κ3) is 5.64. The third-order valence-corrected chi connectivity index (χ3v) is 2.09. The normalized spacial score (nSPS) is 12.4. The fourth-order valence-corrected chi connectivity index (χ4v) is 1.40. The van der Waals surface area contributed by atoms with Crippen molar-refractivity contribution in [3.63, 3.8) is 0 Å². The van der Waals surface area contributed by atoms with Crippen molar-refractivity contribution in [2.75, 3.05) is 26.7 Å². The highest BCUT2D eigenvalue weighted by atomic mass is 19.4. The van der Waals surface area contributed by atoms with Crippen LogP contribution in [0.15, 0.2) is 0 Å². The lowest BCUT2D eigenvalue weighted by Gasteiger charge is -2.21. The minimum absolute atomic E-state index is 0.0888. The first-order chi connectivity index (χ1) is 7.90. The molecule has 0 radical (unpaired) electrons. The summed E-state index contributed by atoms with van der Waals surface area (Å²) in [6, 6.07) is 0. The van der Waals surface area contributed by atoms with Crippen molar-refractivity contribution in [3.05, 3.63) is 11.6 Å². The zero-order valence-electron chi connectivity index (χ0n) is 9.80. The van der Waals surface area contributed by atoms with Crippen LogP contribution in [0.25, 0.3) is 0 Å². The summed E-state index contributed by atoms with van der Waals surface area (Å²) in [5.74, 6) is 0.975. The standard InChI is InChI=1S/C9H16F3N5/c1-7-14-8(16-15-7)5-17(4-3-13-2)6-9(10,11)12/h13H,3-6H2,1-2H3,(H,14,15,16). The Morgan fingerprint density at radius 2 is 2.12 bits per heavy atom. The minimum Gasteiger partial charge on any atom is -0.318 e. The Labute approximate surface area is 97.4 Å². The lowest BCUT2D eigenvalue weighted by Crippen LogP contribution is -2.38. The van der Waals surface area contributed by atoms with Crippen molar-refractivity contribution in [2.24, 2.45) is 0 Å². The highest BCUT2D eigenvalue weighted by Gasteiger charge is 2.30. The Kier molecular flexibility index (Phi) is 4.88. The zero-order chi connectivity index (χ0) is 12.9. The van der Waals surface area contributed by atoms with E-state index in [-0.39, 0.29) is 6.54 Å². The van der Waals surface area contributed by atoms with Gasteiger partial charge in [-0.1, -0.05) is 0 Å². The van der Waals surface area contributed by atoms with Gasteiger partial charge in [-0.3, -0.25) is 10.00 Å². The summed E-state index contributed by atoms with van der Waals surface area (Å²) in [7, 11) is 1.70. The Balaban J connectivity index is 2.56. The molecule has 0 unspecified atom stereocenters. The zero-order valence-corrected chi connectivity index (χ0v) is 9.80. The molecule has 0 saturated carbocycles. The number of nitrogens with one attached hydrogen (secondary N) is 2. The predicted octanol–water partition coefficient (Wildman–Crippen LogP) is 0.697. The molecule has 0 fully saturated rings. The molecule has 0 saturated heterocycles. The van der Waals surface area contributed by atoms with Gasteiger partial charge in [0.25, 0.3) is 0 Å². The lowest BCUT2D eigenvalue weighted by molar-refractivity contribution is -0.147. The van der Waals surface area contributed by atoms with Crippen LogP contribution in [-0.2, 0) is 6.54 Å². The molecule has 2 N–H and O–H groups in total. The van der Waals surface area contributed by atoms with Gasteiger partial charge in [-0.25, -0.2) is 4.98 Å². The number of rotatable bonds is 6. The molecule has 0 atom stereocenters. The molecule has 0 aromatic carbocycles.